The summed E-state index contributed by atoms with van der Waals surface area (Å²) < 4.78 is 4.82. The van der Waals surface area contributed by atoms with Crippen LogP contribution in [0.3, 0.4) is 0 Å². The second kappa shape index (κ2) is 13.8. The Morgan fingerprint density at radius 2 is 0.947 bits per heavy atom. The Labute approximate surface area is 229 Å². The number of aryl methyl sites for hydroxylation is 2. The average molecular weight is 509 g/mol. The fourth-order valence-corrected chi connectivity index (χ4v) is 5.10. The molecule has 198 valence electrons. The molecule has 2 aromatic carbocycles. The molecule has 0 saturated carbocycles. The number of benzene rings is 2. The van der Waals surface area contributed by atoms with Gasteiger partial charge in [-0.2, -0.15) is 9.13 Å². The number of unbranched alkanes of at least 4 members (excludes halogenated alkanes) is 1. The summed E-state index contributed by atoms with van der Waals surface area (Å²) in [6, 6.07) is 22.1. The average Bonchev–Trinajstić information content (AvgIpc) is 2.97. The van der Waals surface area contributed by atoms with Gasteiger partial charge in [-0.25, -0.2) is 0 Å². The van der Waals surface area contributed by atoms with Gasteiger partial charge in [0.25, 0.3) is 0 Å². The van der Waals surface area contributed by atoms with Crippen molar-refractivity contribution in [1.82, 2.24) is 9.80 Å². The highest BCUT2D eigenvalue weighted by atomic mass is 15.1. The first-order valence-corrected chi connectivity index (χ1v) is 14.3. The number of rotatable bonds is 13. The summed E-state index contributed by atoms with van der Waals surface area (Å²) in [5.41, 5.74) is 5.16. The molecule has 0 atom stereocenters. The normalized spacial score (nSPS) is 11.8. The van der Waals surface area contributed by atoms with Gasteiger partial charge in [-0.15, -0.1) is 0 Å². The summed E-state index contributed by atoms with van der Waals surface area (Å²) in [7, 11) is 0. The monoisotopic (exact) mass is 508 g/mol. The molecule has 0 fully saturated rings. The van der Waals surface area contributed by atoms with Crippen molar-refractivity contribution in [2.45, 2.75) is 53.6 Å². The zero-order chi connectivity index (χ0) is 26.7. The topological polar surface area (TPSA) is 14.2 Å². The van der Waals surface area contributed by atoms with E-state index in [1.165, 1.54) is 32.9 Å². The van der Waals surface area contributed by atoms with Crippen LogP contribution in [0, 0.1) is 0 Å². The highest BCUT2D eigenvalue weighted by molar-refractivity contribution is 5.86. The summed E-state index contributed by atoms with van der Waals surface area (Å²) in [6.07, 6.45) is 15.7. The van der Waals surface area contributed by atoms with Crippen LogP contribution in [0.25, 0.3) is 34.0 Å². The number of para-hydroxylation sites is 2. The summed E-state index contributed by atoms with van der Waals surface area (Å²) in [4.78, 5) is 4.65. The molecule has 0 spiro atoms. The van der Waals surface area contributed by atoms with Crippen LogP contribution in [0.1, 0.15) is 51.7 Å². The van der Waals surface area contributed by atoms with Gasteiger partial charge in [-0.1, -0.05) is 24.3 Å². The third-order valence-corrected chi connectivity index (χ3v) is 7.52. The second-order valence-electron chi connectivity index (χ2n) is 9.74. The van der Waals surface area contributed by atoms with E-state index >= 15 is 0 Å². The van der Waals surface area contributed by atoms with E-state index in [0.29, 0.717) is 0 Å². The number of hydrogen-bond acceptors (Lipinski definition) is 2. The van der Waals surface area contributed by atoms with Crippen LogP contribution < -0.4 is 9.13 Å². The summed E-state index contributed by atoms with van der Waals surface area (Å²) >= 11 is 0. The van der Waals surface area contributed by atoms with Crippen LogP contribution in [0.4, 0.5) is 0 Å². The van der Waals surface area contributed by atoms with E-state index < -0.39 is 0 Å². The molecule has 0 unspecified atom stereocenters. The van der Waals surface area contributed by atoms with Gasteiger partial charge in [-0.3, -0.25) is 0 Å². The maximum Gasteiger partial charge on any atom is 0.213 e. The van der Waals surface area contributed by atoms with Crippen molar-refractivity contribution in [3.63, 3.8) is 0 Å². The Hall–Kier alpha value is -3.66. The molecule has 0 radical (unpaired) electrons. The second-order valence-corrected chi connectivity index (χ2v) is 9.74. The molecule has 0 amide bonds. The molecular formula is C34H44N4+2. The van der Waals surface area contributed by atoms with E-state index in [2.05, 4.69) is 144 Å². The van der Waals surface area contributed by atoms with Crippen LogP contribution in [0.15, 0.2) is 85.5 Å². The minimum absolute atomic E-state index is 1.02. The van der Waals surface area contributed by atoms with Gasteiger partial charge in [-0.05, 0) is 75.5 Å². The molecule has 0 bridgehead atoms. The van der Waals surface area contributed by atoms with E-state index in [1.807, 2.05) is 0 Å². The quantitative estimate of drug-likeness (QED) is 0.148. The molecule has 0 aliphatic rings. The number of nitrogens with zero attached hydrogens (tertiary/aromatic N) is 4. The largest absolute Gasteiger partial charge is 0.378 e. The van der Waals surface area contributed by atoms with Gasteiger partial charge in [0, 0.05) is 63.3 Å². The lowest BCUT2D eigenvalue weighted by molar-refractivity contribution is -0.683. The first-order chi connectivity index (χ1) is 18.7. The molecule has 0 aliphatic heterocycles. The molecule has 4 aromatic rings. The van der Waals surface area contributed by atoms with E-state index in [4.69, 9.17) is 0 Å². The summed E-state index contributed by atoms with van der Waals surface area (Å²) in [6.45, 7) is 14.9. The van der Waals surface area contributed by atoms with Crippen molar-refractivity contribution in [1.29, 1.82) is 0 Å². The van der Waals surface area contributed by atoms with Gasteiger partial charge < -0.3 is 9.80 Å². The van der Waals surface area contributed by atoms with E-state index in [-0.39, 0.29) is 0 Å². The minimum Gasteiger partial charge on any atom is -0.378 e. The fraction of sp³-hybridized carbons (Fsp3) is 0.353. The maximum atomic E-state index is 2.41. The van der Waals surface area contributed by atoms with E-state index in [9.17, 15) is 0 Å². The van der Waals surface area contributed by atoms with Gasteiger partial charge in [0.1, 0.15) is 13.1 Å². The first kappa shape index (κ1) is 27.4. The third-order valence-electron chi connectivity index (χ3n) is 7.52. The van der Waals surface area contributed by atoms with E-state index in [1.54, 1.807) is 0 Å². The fourth-order valence-electron chi connectivity index (χ4n) is 5.10. The molecular weight excluding hydrogens is 464 g/mol. The molecule has 0 saturated heterocycles. The van der Waals surface area contributed by atoms with Crippen LogP contribution in [-0.2, 0) is 13.1 Å². The predicted molar refractivity (Wildman–Crippen MR) is 161 cm³/mol. The van der Waals surface area contributed by atoms with Gasteiger partial charge in [0.05, 0.1) is 10.8 Å². The molecule has 2 aromatic heterocycles. The Bertz CT molecular complexity index is 1270. The van der Waals surface area contributed by atoms with Gasteiger partial charge in [0.15, 0.2) is 12.4 Å². The zero-order valence-electron chi connectivity index (χ0n) is 23.7. The summed E-state index contributed by atoms with van der Waals surface area (Å²) in [5.74, 6) is 0. The minimum atomic E-state index is 1.02. The van der Waals surface area contributed by atoms with Gasteiger partial charge in [0.2, 0.25) is 11.0 Å². The van der Waals surface area contributed by atoms with Crippen LogP contribution in [0.5, 0.6) is 0 Å². The van der Waals surface area contributed by atoms with Gasteiger partial charge >= 0.3 is 0 Å². The maximum absolute atomic E-state index is 2.41. The standard InChI is InChI=1S/C34H44N4/c1-5-35(6-2)25-19-29-21-27-37(33-17-11-9-15-31(29)33)23-13-14-24-38-28-22-30(20-26-36(7-3)8-4)32-16-10-12-18-34(32)38/h9-12,15-22,25-28H,5-8,13-14,23-24H2,1-4H3/q+2. The molecule has 2 heterocycles. The highest BCUT2D eigenvalue weighted by Crippen LogP contribution is 2.19. The van der Waals surface area contributed by atoms with E-state index in [0.717, 1.165) is 52.1 Å². The Kier molecular flexibility index (Phi) is 9.91. The first-order valence-electron chi connectivity index (χ1n) is 14.3. The zero-order valence-corrected chi connectivity index (χ0v) is 23.7. The molecule has 0 aliphatic carbocycles. The lowest BCUT2D eigenvalue weighted by Gasteiger charge is -2.14. The lowest BCUT2D eigenvalue weighted by atomic mass is 10.1. The molecule has 38 heavy (non-hydrogen) atoms. The number of hydrogen-bond donors (Lipinski definition) is 0. The van der Waals surface area contributed by atoms with Crippen molar-refractivity contribution >= 4 is 34.0 Å². The molecule has 4 rings (SSSR count). The third kappa shape index (κ3) is 6.61. The summed E-state index contributed by atoms with van der Waals surface area (Å²) in [5, 5.41) is 2.62. The number of fused-ring (bicyclic) bond motifs is 2. The Morgan fingerprint density at radius 3 is 1.34 bits per heavy atom. The van der Waals surface area contributed by atoms with Crippen molar-refractivity contribution in [2.24, 2.45) is 0 Å². The number of pyridine rings is 2. The molecule has 4 nitrogen and oxygen atoms in total. The van der Waals surface area contributed by atoms with Crippen LogP contribution >= 0.6 is 0 Å². The predicted octanol–water partition coefficient (Wildman–Crippen LogP) is 6.67. The highest BCUT2D eigenvalue weighted by Gasteiger charge is 2.14. The van der Waals surface area contributed by atoms with Crippen molar-refractivity contribution in [3.05, 3.63) is 96.6 Å². The SMILES string of the molecule is CCN(C=Cc1cc[n+](CCCC[n+]2ccc(C=CN(CC)CC)c3ccccc32)c2ccccc12)CC. The smallest absolute Gasteiger partial charge is 0.213 e. The lowest BCUT2D eigenvalue weighted by Crippen LogP contribution is -2.37. The number of aromatic nitrogens is 2. The van der Waals surface area contributed by atoms with Crippen molar-refractivity contribution in [2.75, 3.05) is 26.2 Å². The van der Waals surface area contributed by atoms with Crippen molar-refractivity contribution < 1.29 is 9.13 Å². The molecule has 0 N–H and O–H groups in total. The van der Waals surface area contributed by atoms with Crippen LogP contribution in [-0.4, -0.2) is 36.0 Å². The van der Waals surface area contributed by atoms with Crippen molar-refractivity contribution in [3.8, 4) is 0 Å². The van der Waals surface area contributed by atoms with Crippen LogP contribution in [0.2, 0.25) is 0 Å². The Balaban J connectivity index is 1.45. The Morgan fingerprint density at radius 1 is 0.553 bits per heavy atom. The molecule has 4 heteroatoms.